The van der Waals surface area contributed by atoms with Crippen molar-refractivity contribution in [1.82, 2.24) is 19.5 Å². The first kappa shape index (κ1) is 15.3. The zero-order valence-electron chi connectivity index (χ0n) is 11.6. The van der Waals surface area contributed by atoms with Crippen LogP contribution in [-0.2, 0) is 27.9 Å². The molecule has 0 atom stereocenters. The van der Waals surface area contributed by atoms with Gasteiger partial charge in [-0.25, -0.2) is 13.1 Å². The number of aryl methyl sites for hydroxylation is 1. The second-order valence-electron chi connectivity index (χ2n) is 4.60. The molecule has 9 heteroatoms. The van der Waals surface area contributed by atoms with E-state index in [9.17, 15) is 13.2 Å². The molecule has 0 aliphatic heterocycles. The molecule has 0 saturated carbocycles. The number of H-pyrrole nitrogens is 1. The van der Waals surface area contributed by atoms with Crippen LogP contribution < -0.4 is 4.72 Å². The van der Waals surface area contributed by atoms with E-state index in [1.165, 1.54) is 18.5 Å². The van der Waals surface area contributed by atoms with Gasteiger partial charge in [0.25, 0.3) is 0 Å². The van der Waals surface area contributed by atoms with E-state index in [1.807, 2.05) is 0 Å². The van der Waals surface area contributed by atoms with Crippen molar-refractivity contribution in [2.45, 2.75) is 31.8 Å². The minimum absolute atomic E-state index is 0.0271. The molecule has 0 spiro atoms. The third-order valence-electron chi connectivity index (χ3n) is 3.00. The number of aromatic nitrogens is 3. The van der Waals surface area contributed by atoms with Crippen LogP contribution in [0.4, 0.5) is 0 Å². The predicted octanol–water partition coefficient (Wildman–Crippen LogP) is 0.391. The van der Waals surface area contributed by atoms with Crippen molar-refractivity contribution in [3.8, 4) is 0 Å². The molecular weight excluding hydrogens is 296 g/mol. The van der Waals surface area contributed by atoms with E-state index < -0.39 is 16.0 Å². The third kappa shape index (κ3) is 3.31. The van der Waals surface area contributed by atoms with Crippen LogP contribution in [-0.4, -0.2) is 34.3 Å². The first-order valence-electron chi connectivity index (χ1n) is 6.18. The van der Waals surface area contributed by atoms with Crippen molar-refractivity contribution in [3.63, 3.8) is 0 Å². The highest BCUT2D eigenvalue weighted by Crippen LogP contribution is 2.19. The number of nitrogens with zero attached hydrogens (tertiary/aromatic N) is 2. The molecule has 0 aliphatic carbocycles. The molecule has 2 rings (SSSR count). The van der Waals surface area contributed by atoms with Gasteiger partial charge in [-0.2, -0.15) is 5.10 Å². The fourth-order valence-electron chi connectivity index (χ4n) is 2.07. The van der Waals surface area contributed by atoms with Crippen LogP contribution in [0.1, 0.15) is 17.0 Å². The largest absolute Gasteiger partial charge is 0.480 e. The maximum absolute atomic E-state index is 12.3. The van der Waals surface area contributed by atoms with E-state index in [0.29, 0.717) is 5.69 Å². The van der Waals surface area contributed by atoms with Gasteiger partial charge < -0.3 is 10.1 Å². The summed E-state index contributed by atoms with van der Waals surface area (Å²) in [4.78, 5) is 13.6. The van der Waals surface area contributed by atoms with E-state index in [0.717, 1.165) is 5.56 Å². The standard InChI is InChI=1S/C12H16N4O4S/c1-8-12(9(2)16(15-8)7-11(17)18)21(19,20)14-6-10-3-4-13-5-10/h3-5,13-14H,6-7H2,1-2H3,(H,17,18). The Balaban J connectivity index is 2.27. The Hall–Kier alpha value is -2.13. The molecular formula is C12H16N4O4S. The molecule has 2 aromatic rings. The fourth-order valence-corrected chi connectivity index (χ4v) is 3.50. The van der Waals surface area contributed by atoms with Crippen LogP contribution in [0, 0.1) is 13.8 Å². The van der Waals surface area contributed by atoms with Gasteiger partial charge in [0.2, 0.25) is 10.0 Å². The Labute approximate surface area is 121 Å². The van der Waals surface area contributed by atoms with E-state index in [4.69, 9.17) is 5.11 Å². The van der Waals surface area contributed by atoms with Crippen LogP contribution in [0.3, 0.4) is 0 Å². The fraction of sp³-hybridized carbons (Fsp3) is 0.333. The van der Waals surface area contributed by atoms with E-state index in [-0.39, 0.29) is 23.7 Å². The number of rotatable bonds is 6. The molecule has 0 unspecified atom stereocenters. The first-order valence-corrected chi connectivity index (χ1v) is 7.66. The summed E-state index contributed by atoms with van der Waals surface area (Å²) in [5.41, 5.74) is 1.37. The Kier molecular flexibility index (Phi) is 4.14. The van der Waals surface area contributed by atoms with Gasteiger partial charge in [-0.05, 0) is 25.5 Å². The van der Waals surface area contributed by atoms with Gasteiger partial charge in [-0.15, -0.1) is 0 Å². The highest BCUT2D eigenvalue weighted by atomic mass is 32.2. The Morgan fingerprint density at radius 3 is 2.76 bits per heavy atom. The molecule has 114 valence electrons. The molecule has 8 nitrogen and oxygen atoms in total. The molecule has 21 heavy (non-hydrogen) atoms. The summed E-state index contributed by atoms with van der Waals surface area (Å²) in [5, 5.41) is 12.8. The van der Waals surface area contributed by atoms with Gasteiger partial charge in [-0.3, -0.25) is 9.48 Å². The van der Waals surface area contributed by atoms with Crippen LogP contribution in [0.5, 0.6) is 0 Å². The van der Waals surface area contributed by atoms with E-state index in [1.54, 1.807) is 18.5 Å². The second-order valence-corrected chi connectivity index (χ2v) is 6.30. The number of carboxylic acids is 1. The lowest BCUT2D eigenvalue weighted by molar-refractivity contribution is -0.137. The summed E-state index contributed by atoms with van der Waals surface area (Å²) in [5.74, 6) is -1.08. The van der Waals surface area contributed by atoms with Crippen LogP contribution in [0.2, 0.25) is 0 Å². The minimum atomic E-state index is -3.75. The number of hydrogen-bond donors (Lipinski definition) is 3. The van der Waals surface area contributed by atoms with Crippen LogP contribution >= 0.6 is 0 Å². The molecule has 2 aromatic heterocycles. The van der Waals surface area contributed by atoms with Crippen molar-refractivity contribution >= 4 is 16.0 Å². The average Bonchev–Trinajstić information content (AvgIpc) is 2.96. The molecule has 0 amide bonds. The number of carboxylic acid groups (broad SMARTS) is 1. The first-order chi connectivity index (χ1) is 9.81. The predicted molar refractivity (Wildman–Crippen MR) is 74.2 cm³/mol. The van der Waals surface area contributed by atoms with E-state index >= 15 is 0 Å². The maximum atomic E-state index is 12.3. The molecule has 0 fully saturated rings. The van der Waals surface area contributed by atoms with Crippen LogP contribution in [0.15, 0.2) is 23.4 Å². The summed E-state index contributed by atoms with van der Waals surface area (Å²) in [6.45, 7) is 2.85. The topological polar surface area (TPSA) is 117 Å². The van der Waals surface area contributed by atoms with Crippen molar-refractivity contribution in [2.24, 2.45) is 0 Å². The molecule has 0 saturated heterocycles. The lowest BCUT2D eigenvalue weighted by Gasteiger charge is -2.06. The Morgan fingerprint density at radius 1 is 1.48 bits per heavy atom. The van der Waals surface area contributed by atoms with Gasteiger partial charge in [-0.1, -0.05) is 0 Å². The number of sulfonamides is 1. The minimum Gasteiger partial charge on any atom is -0.480 e. The van der Waals surface area contributed by atoms with Crippen molar-refractivity contribution in [2.75, 3.05) is 0 Å². The van der Waals surface area contributed by atoms with Gasteiger partial charge in [0.15, 0.2) is 0 Å². The molecule has 2 heterocycles. The smallest absolute Gasteiger partial charge is 0.325 e. The summed E-state index contributed by atoms with van der Waals surface area (Å²) in [7, 11) is -3.75. The highest BCUT2D eigenvalue weighted by molar-refractivity contribution is 7.89. The third-order valence-corrected chi connectivity index (χ3v) is 4.65. The quantitative estimate of drug-likeness (QED) is 0.713. The molecule has 0 radical (unpaired) electrons. The number of hydrogen-bond acceptors (Lipinski definition) is 4. The molecule has 0 aromatic carbocycles. The number of aromatic amines is 1. The summed E-state index contributed by atoms with van der Waals surface area (Å²) < 4.78 is 28.3. The second kappa shape index (κ2) is 5.70. The van der Waals surface area contributed by atoms with Crippen LogP contribution in [0.25, 0.3) is 0 Å². The number of carbonyl (C=O) groups is 1. The summed E-state index contributed by atoms with van der Waals surface area (Å²) in [6.07, 6.45) is 3.39. The zero-order valence-corrected chi connectivity index (χ0v) is 12.4. The Bertz CT molecular complexity index is 747. The van der Waals surface area contributed by atoms with Gasteiger partial charge in [0.1, 0.15) is 11.4 Å². The summed E-state index contributed by atoms with van der Waals surface area (Å²) in [6, 6.07) is 1.76. The monoisotopic (exact) mass is 312 g/mol. The highest BCUT2D eigenvalue weighted by Gasteiger charge is 2.25. The van der Waals surface area contributed by atoms with Crippen molar-refractivity contribution in [3.05, 3.63) is 35.4 Å². The average molecular weight is 312 g/mol. The SMILES string of the molecule is Cc1nn(CC(=O)O)c(C)c1S(=O)(=O)NCc1cc[nH]c1. The normalized spacial score (nSPS) is 11.7. The van der Waals surface area contributed by atoms with Gasteiger partial charge in [0.05, 0.1) is 11.4 Å². The van der Waals surface area contributed by atoms with Crippen molar-refractivity contribution < 1.29 is 18.3 Å². The lowest BCUT2D eigenvalue weighted by atomic mass is 10.4. The molecule has 0 bridgehead atoms. The zero-order chi connectivity index (χ0) is 15.6. The van der Waals surface area contributed by atoms with Gasteiger partial charge >= 0.3 is 5.97 Å². The number of nitrogens with one attached hydrogen (secondary N) is 2. The molecule has 0 aliphatic rings. The maximum Gasteiger partial charge on any atom is 0.325 e. The Morgan fingerprint density at radius 2 is 2.19 bits per heavy atom. The van der Waals surface area contributed by atoms with E-state index in [2.05, 4.69) is 14.8 Å². The van der Waals surface area contributed by atoms with Crippen molar-refractivity contribution in [1.29, 1.82) is 0 Å². The molecule has 3 N–H and O–H groups in total. The van der Waals surface area contributed by atoms with Gasteiger partial charge in [0, 0.05) is 18.9 Å². The summed E-state index contributed by atoms with van der Waals surface area (Å²) >= 11 is 0. The lowest BCUT2D eigenvalue weighted by Crippen LogP contribution is -2.24. The number of aliphatic carboxylic acids is 1.